The highest BCUT2D eigenvalue weighted by atomic mass is 32.2. The molecule has 2 heterocycles. The lowest BCUT2D eigenvalue weighted by Crippen LogP contribution is -2.27. The summed E-state index contributed by atoms with van der Waals surface area (Å²) in [6.07, 6.45) is 1.73. The van der Waals surface area contributed by atoms with Gasteiger partial charge in [-0.25, -0.2) is 13.1 Å². The van der Waals surface area contributed by atoms with E-state index in [0.717, 1.165) is 16.7 Å². The number of aryl methyl sites for hydroxylation is 2. The smallest absolute Gasteiger partial charge is 0.240 e. The molecule has 128 valence electrons. The Hall–Kier alpha value is -2.39. The van der Waals surface area contributed by atoms with Crippen molar-refractivity contribution in [3.63, 3.8) is 0 Å². The van der Waals surface area contributed by atoms with Crippen LogP contribution in [-0.4, -0.2) is 41.6 Å². The topological polar surface area (TPSA) is 91.0 Å². The van der Waals surface area contributed by atoms with E-state index in [-0.39, 0.29) is 11.4 Å². The zero-order valence-electron chi connectivity index (χ0n) is 13.7. The van der Waals surface area contributed by atoms with Crippen molar-refractivity contribution in [1.82, 2.24) is 24.3 Å². The Bertz CT molecular complexity index is 957. The van der Waals surface area contributed by atoms with Crippen molar-refractivity contribution in [1.29, 1.82) is 0 Å². The maximum Gasteiger partial charge on any atom is 0.240 e. The molecule has 0 radical (unpaired) electrons. The van der Waals surface area contributed by atoms with Crippen LogP contribution < -0.4 is 9.46 Å². The van der Waals surface area contributed by atoms with E-state index in [1.165, 1.54) is 19.2 Å². The molecule has 1 aromatic carbocycles. The van der Waals surface area contributed by atoms with Gasteiger partial charge in [-0.2, -0.15) is 10.2 Å². The van der Waals surface area contributed by atoms with Gasteiger partial charge in [0, 0.05) is 13.6 Å². The number of nitrogens with one attached hydrogen (secondary N) is 1. The van der Waals surface area contributed by atoms with E-state index in [0.29, 0.717) is 12.3 Å². The zero-order chi connectivity index (χ0) is 17.3. The van der Waals surface area contributed by atoms with E-state index in [4.69, 9.17) is 4.74 Å². The van der Waals surface area contributed by atoms with Gasteiger partial charge in [-0.3, -0.25) is 9.36 Å². The molecule has 8 nitrogen and oxygen atoms in total. The number of ether oxygens (including phenoxy) is 1. The number of benzene rings is 1. The largest absolute Gasteiger partial charge is 0.497 e. The Kier molecular flexibility index (Phi) is 4.29. The lowest BCUT2D eigenvalue weighted by molar-refractivity contribution is 0.414. The van der Waals surface area contributed by atoms with Crippen molar-refractivity contribution in [2.45, 2.75) is 18.4 Å². The summed E-state index contributed by atoms with van der Waals surface area (Å²) in [7, 11) is -0.175. The number of hydrogen-bond donors (Lipinski definition) is 1. The molecule has 0 fully saturated rings. The predicted octanol–water partition coefficient (Wildman–Crippen LogP) is 1.07. The molecule has 0 aliphatic carbocycles. The first-order valence-corrected chi connectivity index (χ1v) is 8.89. The average Bonchev–Trinajstić information content (AvgIpc) is 3.10. The minimum absolute atomic E-state index is 0.200. The molecule has 2 aromatic heterocycles. The van der Waals surface area contributed by atoms with Gasteiger partial charge in [0.1, 0.15) is 16.8 Å². The van der Waals surface area contributed by atoms with Gasteiger partial charge < -0.3 is 4.74 Å². The molecule has 0 unspecified atom stereocenters. The van der Waals surface area contributed by atoms with E-state index in [1.54, 1.807) is 27.7 Å². The molecule has 3 aromatic rings. The Morgan fingerprint density at radius 1 is 1.25 bits per heavy atom. The SMILES string of the molecule is COc1ccc(S(=O)(=O)NCCn2ncc3c2c(C)nn3C)cc1. The van der Waals surface area contributed by atoms with Gasteiger partial charge in [0.05, 0.1) is 30.4 Å². The summed E-state index contributed by atoms with van der Waals surface area (Å²) in [6, 6.07) is 6.26. The summed E-state index contributed by atoms with van der Waals surface area (Å²) in [5, 5.41) is 8.63. The fourth-order valence-corrected chi connectivity index (χ4v) is 3.63. The van der Waals surface area contributed by atoms with Crippen molar-refractivity contribution in [3.05, 3.63) is 36.2 Å². The van der Waals surface area contributed by atoms with Gasteiger partial charge in [-0.1, -0.05) is 0 Å². The molecule has 1 N–H and O–H groups in total. The van der Waals surface area contributed by atoms with E-state index >= 15 is 0 Å². The molecule has 0 bridgehead atoms. The number of fused-ring (bicyclic) bond motifs is 1. The molecular weight excluding hydrogens is 330 g/mol. The van der Waals surface area contributed by atoms with Gasteiger partial charge in [-0.15, -0.1) is 0 Å². The van der Waals surface area contributed by atoms with E-state index in [1.807, 2.05) is 14.0 Å². The van der Waals surface area contributed by atoms with Crippen molar-refractivity contribution < 1.29 is 13.2 Å². The van der Waals surface area contributed by atoms with Gasteiger partial charge >= 0.3 is 0 Å². The third-order valence-electron chi connectivity index (χ3n) is 3.80. The van der Waals surface area contributed by atoms with Crippen LogP contribution in [0.1, 0.15) is 5.69 Å². The van der Waals surface area contributed by atoms with Gasteiger partial charge in [-0.05, 0) is 31.2 Å². The van der Waals surface area contributed by atoms with Crippen LogP contribution in [0.5, 0.6) is 5.75 Å². The lowest BCUT2D eigenvalue weighted by Gasteiger charge is -2.08. The summed E-state index contributed by atoms with van der Waals surface area (Å²) < 4.78 is 35.7. The average molecular weight is 349 g/mol. The van der Waals surface area contributed by atoms with Crippen LogP contribution in [0.15, 0.2) is 35.4 Å². The van der Waals surface area contributed by atoms with Crippen LogP contribution in [0.25, 0.3) is 11.0 Å². The minimum Gasteiger partial charge on any atom is -0.497 e. The number of aromatic nitrogens is 4. The first-order chi connectivity index (χ1) is 11.4. The Morgan fingerprint density at radius 2 is 1.96 bits per heavy atom. The number of methoxy groups -OCH3 is 1. The van der Waals surface area contributed by atoms with Crippen molar-refractivity contribution in [2.24, 2.45) is 7.05 Å². The van der Waals surface area contributed by atoms with Gasteiger partial charge in [0.2, 0.25) is 10.0 Å². The van der Waals surface area contributed by atoms with Crippen LogP contribution in [0.4, 0.5) is 0 Å². The van der Waals surface area contributed by atoms with Crippen LogP contribution in [-0.2, 0) is 23.6 Å². The molecule has 0 saturated carbocycles. The molecular formula is C15H19N5O3S. The zero-order valence-corrected chi connectivity index (χ0v) is 14.5. The summed E-state index contributed by atoms with van der Waals surface area (Å²) in [4.78, 5) is 0.200. The monoisotopic (exact) mass is 349 g/mol. The molecule has 0 amide bonds. The molecule has 3 rings (SSSR count). The van der Waals surface area contributed by atoms with Crippen LogP contribution in [0.2, 0.25) is 0 Å². The number of rotatable bonds is 6. The highest BCUT2D eigenvalue weighted by molar-refractivity contribution is 7.89. The van der Waals surface area contributed by atoms with Crippen LogP contribution in [0, 0.1) is 6.92 Å². The maximum absolute atomic E-state index is 12.3. The lowest BCUT2D eigenvalue weighted by atomic mass is 10.3. The summed E-state index contributed by atoms with van der Waals surface area (Å²) >= 11 is 0. The molecule has 0 aliphatic rings. The highest BCUT2D eigenvalue weighted by Gasteiger charge is 2.15. The number of hydrogen-bond acceptors (Lipinski definition) is 5. The molecule has 0 aliphatic heterocycles. The third kappa shape index (κ3) is 3.00. The maximum atomic E-state index is 12.3. The summed E-state index contributed by atoms with van der Waals surface area (Å²) in [5.41, 5.74) is 2.70. The predicted molar refractivity (Wildman–Crippen MR) is 89.4 cm³/mol. The standard InChI is InChI=1S/C15H19N5O3S/c1-11-15-14(19(2)18-11)10-16-20(15)9-8-17-24(21,22)13-6-4-12(23-3)5-7-13/h4-7,10,17H,8-9H2,1-3H3. The van der Waals surface area contributed by atoms with E-state index < -0.39 is 10.0 Å². The van der Waals surface area contributed by atoms with Gasteiger partial charge in [0.25, 0.3) is 0 Å². The number of nitrogens with zero attached hydrogens (tertiary/aromatic N) is 4. The van der Waals surface area contributed by atoms with Crippen LogP contribution in [0.3, 0.4) is 0 Å². The second kappa shape index (κ2) is 6.25. The Morgan fingerprint density at radius 3 is 2.62 bits per heavy atom. The Labute approximate surface area is 140 Å². The fourth-order valence-electron chi connectivity index (χ4n) is 2.60. The van der Waals surface area contributed by atoms with Gasteiger partial charge in [0.15, 0.2) is 0 Å². The van der Waals surface area contributed by atoms with E-state index in [9.17, 15) is 8.42 Å². The van der Waals surface area contributed by atoms with E-state index in [2.05, 4.69) is 14.9 Å². The first kappa shape index (κ1) is 16.5. The van der Waals surface area contributed by atoms with Crippen molar-refractivity contribution in [3.8, 4) is 5.75 Å². The molecule has 9 heteroatoms. The molecule has 0 spiro atoms. The first-order valence-electron chi connectivity index (χ1n) is 7.41. The van der Waals surface area contributed by atoms with Crippen LogP contribution >= 0.6 is 0 Å². The second-order valence-corrected chi connectivity index (χ2v) is 7.15. The minimum atomic E-state index is -3.56. The summed E-state index contributed by atoms with van der Waals surface area (Å²) in [5.74, 6) is 0.611. The van der Waals surface area contributed by atoms with Crippen molar-refractivity contribution in [2.75, 3.05) is 13.7 Å². The highest BCUT2D eigenvalue weighted by Crippen LogP contribution is 2.17. The molecule has 0 saturated heterocycles. The van der Waals surface area contributed by atoms with Crippen molar-refractivity contribution >= 4 is 21.1 Å². The second-order valence-electron chi connectivity index (χ2n) is 5.38. The quantitative estimate of drug-likeness (QED) is 0.719. The fraction of sp³-hybridized carbons (Fsp3) is 0.333. The Balaban J connectivity index is 1.70. The normalized spacial score (nSPS) is 12.0. The number of sulfonamides is 1. The third-order valence-corrected chi connectivity index (χ3v) is 5.27. The summed E-state index contributed by atoms with van der Waals surface area (Å²) in [6.45, 7) is 2.56. The molecule has 0 atom stereocenters. The molecule has 24 heavy (non-hydrogen) atoms.